The standard InChI is InChI=1S/C23H22Br2Cl2N2O3.C23H19BrCl2N2O3/c1-31-15-8-6-14(7-9-15)12-29(13-17-18(24)10-16(32-2)11-19(17)25)23(30)28-22-20(26)4-3-5-21(22)27;1-30-15-8-6-14(7-9-15)12-27-13-17-18(24)10-16(31-2)11-21(17)28(23(27)29)22-19(25)4-3-5-20(22)26/h3-11,23,28,30H,12-13H2,1-2H3;3-11H,12-13H2,1-2H3. The molecule has 1 heterocycles. The molecule has 0 aromatic heterocycles. The van der Waals surface area contributed by atoms with Gasteiger partial charge in [-0.1, -0.05) is 131 Å². The zero-order valence-corrected chi connectivity index (χ0v) is 42.1. The van der Waals surface area contributed by atoms with E-state index in [0.29, 0.717) is 69.1 Å². The summed E-state index contributed by atoms with van der Waals surface area (Å²) >= 11 is 36.4. The monoisotopic (exact) mass is 1120 g/mol. The molecule has 1 aliphatic rings. The molecule has 1 atom stereocenters. The molecule has 7 rings (SSSR count). The van der Waals surface area contributed by atoms with E-state index in [1.165, 1.54) is 0 Å². The molecule has 6 aromatic rings. The number of methoxy groups -OCH3 is 4. The Morgan fingerprint density at radius 1 is 0.651 bits per heavy atom. The Labute approximate surface area is 411 Å². The maximum atomic E-state index is 13.7. The van der Waals surface area contributed by atoms with E-state index >= 15 is 0 Å². The fraction of sp³-hybridized carbons (Fsp3) is 0.196. The summed E-state index contributed by atoms with van der Waals surface area (Å²) in [5.74, 6) is 2.87. The number of para-hydroxylation sites is 2. The van der Waals surface area contributed by atoms with Crippen LogP contribution in [0.1, 0.15) is 22.3 Å². The van der Waals surface area contributed by atoms with E-state index < -0.39 is 6.35 Å². The van der Waals surface area contributed by atoms with Gasteiger partial charge in [0.25, 0.3) is 0 Å². The number of fused-ring (bicyclic) bond motifs is 1. The van der Waals surface area contributed by atoms with E-state index in [9.17, 15) is 9.90 Å². The largest absolute Gasteiger partial charge is 0.497 e. The Bertz CT molecular complexity index is 2490. The Morgan fingerprint density at radius 2 is 1.13 bits per heavy atom. The Kier molecular flexibility index (Phi) is 17.2. The first-order valence-corrected chi connectivity index (χ1v) is 22.9. The molecule has 17 heteroatoms. The van der Waals surface area contributed by atoms with Gasteiger partial charge in [-0.05, 0) is 83.4 Å². The van der Waals surface area contributed by atoms with Gasteiger partial charge in [-0.2, -0.15) is 0 Å². The number of benzene rings is 6. The van der Waals surface area contributed by atoms with E-state index in [2.05, 4.69) is 53.1 Å². The average molecular weight is 1130 g/mol. The summed E-state index contributed by atoms with van der Waals surface area (Å²) in [6.07, 6.45) is -1.07. The van der Waals surface area contributed by atoms with Crippen molar-refractivity contribution in [2.45, 2.75) is 32.5 Å². The highest BCUT2D eigenvalue weighted by Gasteiger charge is 2.35. The minimum absolute atomic E-state index is 0.224. The lowest BCUT2D eigenvalue weighted by Gasteiger charge is -2.38. The van der Waals surface area contributed by atoms with Gasteiger partial charge in [0.2, 0.25) is 0 Å². The second kappa shape index (κ2) is 22.3. The molecule has 0 saturated heterocycles. The molecule has 0 bridgehead atoms. The van der Waals surface area contributed by atoms with Gasteiger partial charge in [0.15, 0.2) is 6.35 Å². The number of urea groups is 1. The number of aliphatic hydroxyl groups is 1. The molecule has 0 fully saturated rings. The third-order valence-electron chi connectivity index (χ3n) is 9.96. The number of ether oxygens (including phenoxy) is 4. The summed E-state index contributed by atoms with van der Waals surface area (Å²) in [7, 11) is 6.45. The molecule has 1 aliphatic heterocycles. The summed E-state index contributed by atoms with van der Waals surface area (Å²) < 4.78 is 23.8. The van der Waals surface area contributed by atoms with Gasteiger partial charge in [0, 0.05) is 44.7 Å². The normalized spacial score (nSPS) is 12.6. The lowest BCUT2D eigenvalue weighted by Crippen LogP contribution is -2.44. The van der Waals surface area contributed by atoms with Crippen LogP contribution in [-0.4, -0.2) is 55.7 Å². The molecule has 0 saturated carbocycles. The number of rotatable bonds is 14. The van der Waals surface area contributed by atoms with Crippen molar-refractivity contribution in [2.75, 3.05) is 38.7 Å². The molecule has 63 heavy (non-hydrogen) atoms. The molecule has 0 spiro atoms. The second-order valence-corrected chi connectivity index (χ2v) is 18.1. The van der Waals surface area contributed by atoms with Crippen molar-refractivity contribution in [3.63, 3.8) is 0 Å². The molecule has 0 radical (unpaired) electrons. The fourth-order valence-corrected chi connectivity index (χ4v) is 9.69. The summed E-state index contributed by atoms with van der Waals surface area (Å²) in [4.78, 5) is 18.9. The van der Waals surface area contributed by atoms with Crippen molar-refractivity contribution in [3.8, 4) is 23.0 Å². The topological polar surface area (TPSA) is 96.0 Å². The lowest BCUT2D eigenvalue weighted by molar-refractivity contribution is 0.0135. The average Bonchev–Trinajstić information content (AvgIpc) is 3.27. The molecule has 6 aromatic carbocycles. The van der Waals surface area contributed by atoms with E-state index in [1.54, 1.807) is 74.6 Å². The Morgan fingerprint density at radius 3 is 1.65 bits per heavy atom. The van der Waals surface area contributed by atoms with E-state index in [4.69, 9.17) is 65.4 Å². The molecule has 0 aliphatic carbocycles. The zero-order valence-electron chi connectivity index (χ0n) is 34.3. The van der Waals surface area contributed by atoms with Crippen molar-refractivity contribution < 1.29 is 28.8 Å². The van der Waals surface area contributed by atoms with E-state index in [1.807, 2.05) is 77.7 Å². The number of anilines is 3. The van der Waals surface area contributed by atoms with Gasteiger partial charge in [-0.15, -0.1) is 0 Å². The highest BCUT2D eigenvalue weighted by Crippen LogP contribution is 2.46. The predicted octanol–water partition coefficient (Wildman–Crippen LogP) is 14.0. The smallest absolute Gasteiger partial charge is 0.329 e. The number of halogens is 7. The van der Waals surface area contributed by atoms with Gasteiger partial charge in [-0.3, -0.25) is 9.80 Å². The van der Waals surface area contributed by atoms with Crippen molar-refractivity contribution in [3.05, 3.63) is 165 Å². The van der Waals surface area contributed by atoms with Crippen molar-refractivity contribution >= 4 is 117 Å². The lowest BCUT2D eigenvalue weighted by atomic mass is 10.1. The van der Waals surface area contributed by atoms with Crippen LogP contribution in [0, 0.1) is 0 Å². The summed E-state index contributed by atoms with van der Waals surface area (Å²) in [5.41, 5.74) is 5.45. The van der Waals surface area contributed by atoms with Gasteiger partial charge >= 0.3 is 6.03 Å². The quantitative estimate of drug-likeness (QED) is 0.104. The maximum absolute atomic E-state index is 13.7. The molecular weight excluding hydrogens is 1090 g/mol. The van der Waals surface area contributed by atoms with Crippen LogP contribution >= 0.6 is 94.2 Å². The number of carbonyl (C=O) groups excluding carboxylic acids is 1. The number of hydrogen-bond donors (Lipinski definition) is 2. The van der Waals surface area contributed by atoms with Crippen LogP contribution < -0.4 is 29.2 Å². The number of carbonyl (C=O) groups is 1. The first-order chi connectivity index (χ1) is 30.2. The van der Waals surface area contributed by atoms with E-state index in [-0.39, 0.29) is 6.03 Å². The first kappa shape index (κ1) is 48.6. The Balaban J connectivity index is 0.000000210. The first-order valence-electron chi connectivity index (χ1n) is 19.0. The van der Waals surface area contributed by atoms with Crippen LogP contribution in [0.3, 0.4) is 0 Å². The number of nitrogens with zero attached hydrogens (tertiary/aromatic N) is 3. The van der Waals surface area contributed by atoms with Crippen LogP contribution in [0.5, 0.6) is 23.0 Å². The third kappa shape index (κ3) is 11.9. The highest BCUT2D eigenvalue weighted by atomic mass is 79.9. The van der Waals surface area contributed by atoms with Gasteiger partial charge in [-0.25, -0.2) is 4.79 Å². The fourth-order valence-electron chi connectivity index (χ4n) is 6.67. The number of amides is 2. The predicted molar refractivity (Wildman–Crippen MR) is 264 cm³/mol. The van der Waals surface area contributed by atoms with Gasteiger partial charge in [0.1, 0.15) is 23.0 Å². The van der Waals surface area contributed by atoms with Crippen LogP contribution in [0.15, 0.2) is 123 Å². The SMILES string of the molecule is COc1ccc(CN(Cc2c(Br)cc(OC)cc2Br)C(O)Nc2c(Cl)cccc2Cl)cc1.COc1ccc(CN2Cc3c(Br)cc(OC)cc3N(c3c(Cl)cccc3Cl)C2=O)cc1. The van der Waals surface area contributed by atoms with Crippen LogP contribution in [-0.2, 0) is 26.2 Å². The van der Waals surface area contributed by atoms with Gasteiger partial charge in [0.05, 0.1) is 72.1 Å². The van der Waals surface area contributed by atoms with Crippen molar-refractivity contribution in [1.82, 2.24) is 9.80 Å². The minimum atomic E-state index is -1.07. The van der Waals surface area contributed by atoms with Crippen molar-refractivity contribution in [2.24, 2.45) is 0 Å². The number of hydrogen-bond acceptors (Lipinski definition) is 8. The third-order valence-corrected chi connectivity index (χ3v) is 13.3. The molecule has 2 N–H and O–H groups in total. The minimum Gasteiger partial charge on any atom is -0.497 e. The Hall–Kier alpha value is -3.89. The highest BCUT2D eigenvalue weighted by molar-refractivity contribution is 9.11. The number of aliphatic hydroxyl groups excluding tert-OH is 1. The molecule has 10 nitrogen and oxygen atoms in total. The van der Waals surface area contributed by atoms with Crippen LogP contribution in [0.25, 0.3) is 0 Å². The number of nitrogens with one attached hydrogen (secondary N) is 1. The second-order valence-electron chi connectivity index (χ2n) is 13.9. The van der Waals surface area contributed by atoms with Crippen molar-refractivity contribution in [1.29, 1.82) is 0 Å². The molecular formula is C46H41Br3Cl4N4O6. The molecule has 1 unspecified atom stereocenters. The summed E-state index contributed by atoms with van der Waals surface area (Å²) in [5, 5.41) is 15.8. The van der Waals surface area contributed by atoms with E-state index in [0.717, 1.165) is 52.9 Å². The zero-order chi connectivity index (χ0) is 45.4. The maximum Gasteiger partial charge on any atom is 0.329 e. The summed E-state index contributed by atoms with van der Waals surface area (Å²) in [6, 6.07) is 32.9. The van der Waals surface area contributed by atoms with Crippen LogP contribution in [0.2, 0.25) is 20.1 Å². The van der Waals surface area contributed by atoms with Crippen LogP contribution in [0.4, 0.5) is 21.9 Å². The summed E-state index contributed by atoms with van der Waals surface area (Å²) in [6.45, 7) is 1.70. The molecule has 2 amide bonds. The molecule has 330 valence electrons. The van der Waals surface area contributed by atoms with Gasteiger partial charge < -0.3 is 34.3 Å².